The van der Waals surface area contributed by atoms with Crippen LogP contribution in [0.1, 0.15) is 126 Å². The summed E-state index contributed by atoms with van der Waals surface area (Å²) in [5.74, 6) is 1.95. The maximum atomic E-state index is 9.13. The molecule has 2 heterocycles. The number of piperidine rings is 1. The summed E-state index contributed by atoms with van der Waals surface area (Å²) in [6, 6.07) is 0.508. The van der Waals surface area contributed by atoms with Gasteiger partial charge in [0.05, 0.1) is 31.5 Å². The summed E-state index contributed by atoms with van der Waals surface area (Å²) in [4.78, 5) is 2.70. The van der Waals surface area contributed by atoms with Crippen LogP contribution in [-0.2, 0) is 9.47 Å². The molecule has 0 aromatic heterocycles. The number of allylic oxidation sites excluding steroid dienone is 2. The predicted octanol–water partition coefficient (Wildman–Crippen LogP) is 8.03. The van der Waals surface area contributed by atoms with Gasteiger partial charge in [-0.2, -0.15) is 0 Å². The highest BCUT2D eigenvalue weighted by molar-refractivity contribution is 5.29. The third-order valence-corrected chi connectivity index (χ3v) is 12.7. The molecule has 1 spiro atoms. The molecule has 0 radical (unpaired) electrons. The van der Waals surface area contributed by atoms with E-state index in [-0.39, 0.29) is 12.2 Å². The predicted molar refractivity (Wildman–Crippen MR) is 163 cm³/mol. The van der Waals surface area contributed by atoms with Crippen molar-refractivity contribution in [2.45, 2.75) is 144 Å². The van der Waals surface area contributed by atoms with E-state index in [0.717, 1.165) is 19.0 Å². The fourth-order valence-corrected chi connectivity index (χ4v) is 10.5. The topological polar surface area (TPSA) is 41.9 Å². The van der Waals surface area contributed by atoms with Crippen molar-refractivity contribution in [3.63, 3.8) is 0 Å². The van der Waals surface area contributed by atoms with Crippen LogP contribution in [0.4, 0.5) is 0 Å². The second kappa shape index (κ2) is 12.4. The molecule has 0 aromatic carbocycles. The molecule has 3 aliphatic carbocycles. The molecule has 7 unspecified atom stereocenters. The highest BCUT2D eigenvalue weighted by Crippen LogP contribution is 2.80. The Kier molecular flexibility index (Phi) is 10.1. The van der Waals surface area contributed by atoms with Crippen molar-refractivity contribution < 1.29 is 14.6 Å². The fraction of sp³-hybridized carbons (Fsp3) is 0.943. The Morgan fingerprint density at radius 2 is 1.85 bits per heavy atom. The Hall–Kier alpha value is -0.420. The number of nitrogens with zero attached hydrogens (tertiary/aromatic N) is 1. The molecule has 3 saturated carbocycles. The van der Waals surface area contributed by atoms with Crippen molar-refractivity contribution >= 4 is 0 Å². The van der Waals surface area contributed by atoms with Gasteiger partial charge in [-0.15, -0.1) is 0 Å². The number of hydrogen-bond donors (Lipinski definition) is 1. The third kappa shape index (κ3) is 5.32. The van der Waals surface area contributed by atoms with Crippen molar-refractivity contribution in [1.29, 1.82) is 0 Å². The van der Waals surface area contributed by atoms with E-state index in [4.69, 9.17) is 14.6 Å². The first-order chi connectivity index (χ1) is 18.7. The second-order valence-electron chi connectivity index (χ2n) is 14.5. The molecular weight excluding hydrogens is 482 g/mol. The van der Waals surface area contributed by atoms with Crippen molar-refractivity contribution in [2.75, 3.05) is 32.9 Å². The maximum absolute atomic E-state index is 9.13. The van der Waals surface area contributed by atoms with E-state index >= 15 is 0 Å². The normalized spacial score (nSPS) is 45.7. The van der Waals surface area contributed by atoms with Gasteiger partial charge < -0.3 is 14.6 Å². The first-order valence-electron chi connectivity index (χ1n) is 16.9. The molecule has 9 atom stereocenters. The molecule has 4 heteroatoms. The molecule has 39 heavy (non-hydrogen) atoms. The van der Waals surface area contributed by atoms with E-state index in [9.17, 15) is 0 Å². The zero-order valence-electron chi connectivity index (χ0n) is 27.0. The number of aliphatic hydroxyl groups excluding tert-OH is 1. The van der Waals surface area contributed by atoms with Crippen LogP contribution in [0.25, 0.3) is 0 Å². The standard InChI is InChI=1S/C33H57NO3.C2H6/c1-7-27-12-9-8-10-13-30(27,5)25(3)21-32-14-11-15-33(31(32,6)23-32)26(4)29-28(37-33)20-24(2)22-34(29)16-18-36-19-17-35;1-2/h7,24-26,28-29,35H,8-23H2,1-6H3;1-2H3/b27-7-;/t24?,25?,26-,28-,29?,30?,31?,32?,33?;/m1./s1. The Labute approximate surface area is 241 Å². The summed E-state index contributed by atoms with van der Waals surface area (Å²) >= 11 is 0. The van der Waals surface area contributed by atoms with Gasteiger partial charge in [-0.25, -0.2) is 0 Å². The van der Waals surface area contributed by atoms with Gasteiger partial charge in [0.25, 0.3) is 0 Å². The Morgan fingerprint density at radius 3 is 2.56 bits per heavy atom. The number of likely N-dealkylation sites (tertiary alicyclic amines) is 1. The molecule has 1 N–H and O–H groups in total. The molecule has 5 rings (SSSR count). The summed E-state index contributed by atoms with van der Waals surface area (Å²) in [5.41, 5.74) is 2.91. The molecule has 0 aromatic rings. The van der Waals surface area contributed by atoms with E-state index in [1.165, 1.54) is 70.6 Å². The molecular formula is C35H63NO3. The first kappa shape index (κ1) is 31.5. The number of hydrogen-bond acceptors (Lipinski definition) is 4. The van der Waals surface area contributed by atoms with E-state index in [2.05, 4.69) is 52.5 Å². The van der Waals surface area contributed by atoms with Gasteiger partial charge in [0, 0.05) is 30.5 Å². The summed E-state index contributed by atoms with van der Waals surface area (Å²) < 4.78 is 13.1. The summed E-state index contributed by atoms with van der Waals surface area (Å²) in [6.07, 6.45) is 17.6. The van der Waals surface area contributed by atoms with Crippen LogP contribution >= 0.6 is 0 Å². The van der Waals surface area contributed by atoms with E-state index in [1.807, 2.05) is 13.8 Å². The lowest BCUT2D eigenvalue weighted by molar-refractivity contribution is -0.142. The van der Waals surface area contributed by atoms with Crippen LogP contribution in [0.5, 0.6) is 0 Å². The van der Waals surface area contributed by atoms with Crippen molar-refractivity contribution in [2.24, 2.45) is 34.0 Å². The first-order valence-corrected chi connectivity index (χ1v) is 16.9. The monoisotopic (exact) mass is 545 g/mol. The minimum absolute atomic E-state index is 0.0301. The van der Waals surface area contributed by atoms with Gasteiger partial charge >= 0.3 is 0 Å². The quantitative estimate of drug-likeness (QED) is 0.190. The van der Waals surface area contributed by atoms with Gasteiger partial charge in [-0.05, 0) is 87.4 Å². The number of aliphatic hydroxyl groups is 1. The van der Waals surface area contributed by atoms with E-state index in [0.29, 0.717) is 53.4 Å². The number of rotatable bonds is 8. The van der Waals surface area contributed by atoms with E-state index in [1.54, 1.807) is 5.57 Å². The zero-order chi connectivity index (χ0) is 28.5. The molecule has 226 valence electrons. The fourth-order valence-electron chi connectivity index (χ4n) is 10.5. The van der Waals surface area contributed by atoms with E-state index < -0.39 is 0 Å². The largest absolute Gasteiger partial charge is 0.394 e. The van der Waals surface area contributed by atoms with Gasteiger partial charge in [0.2, 0.25) is 0 Å². The lowest BCUT2D eigenvalue weighted by Crippen LogP contribution is -2.54. The van der Waals surface area contributed by atoms with Crippen LogP contribution in [0, 0.1) is 34.0 Å². The summed E-state index contributed by atoms with van der Waals surface area (Å²) in [6.45, 7) is 22.4. The molecule has 5 aliphatic rings. The molecule has 2 saturated heterocycles. The third-order valence-electron chi connectivity index (χ3n) is 12.7. The summed E-state index contributed by atoms with van der Waals surface area (Å²) in [5, 5.41) is 9.13. The highest BCUT2D eigenvalue weighted by atomic mass is 16.5. The highest BCUT2D eigenvalue weighted by Gasteiger charge is 2.79. The minimum atomic E-state index is 0.0301. The van der Waals surface area contributed by atoms with Crippen LogP contribution < -0.4 is 0 Å². The van der Waals surface area contributed by atoms with Crippen LogP contribution in [-0.4, -0.2) is 60.7 Å². The maximum Gasteiger partial charge on any atom is 0.0787 e. The zero-order valence-corrected chi connectivity index (χ0v) is 27.0. The Balaban J connectivity index is 0.00000172. The Bertz CT molecular complexity index is 844. The van der Waals surface area contributed by atoms with Gasteiger partial charge in [-0.3, -0.25) is 4.90 Å². The smallest absolute Gasteiger partial charge is 0.0787 e. The average Bonchev–Trinajstić information content (AvgIpc) is 3.50. The van der Waals surface area contributed by atoms with Crippen molar-refractivity contribution in [3.05, 3.63) is 11.6 Å². The van der Waals surface area contributed by atoms with Crippen molar-refractivity contribution in [3.8, 4) is 0 Å². The SMILES string of the molecule is C/C=C1/CCCCCC1(C)C(C)CC12CCCC3(O[C@@H]4CC(C)CN(CCOCCO)C4[C@H]3C)C1(C)C2.CC. The number of ether oxygens (including phenoxy) is 2. The molecule has 4 nitrogen and oxygen atoms in total. The lowest BCUT2D eigenvalue weighted by atomic mass is 9.59. The summed E-state index contributed by atoms with van der Waals surface area (Å²) in [7, 11) is 0. The average molecular weight is 546 g/mol. The molecule has 0 amide bonds. The van der Waals surface area contributed by atoms with Crippen LogP contribution in [0.2, 0.25) is 0 Å². The number of fused-ring (bicyclic) bond motifs is 3. The van der Waals surface area contributed by atoms with Crippen LogP contribution in [0.15, 0.2) is 11.6 Å². The minimum Gasteiger partial charge on any atom is -0.394 e. The van der Waals surface area contributed by atoms with Gasteiger partial charge in [-0.1, -0.05) is 73.0 Å². The van der Waals surface area contributed by atoms with Crippen LogP contribution in [0.3, 0.4) is 0 Å². The van der Waals surface area contributed by atoms with Gasteiger partial charge in [0.1, 0.15) is 0 Å². The Morgan fingerprint density at radius 1 is 1.08 bits per heavy atom. The van der Waals surface area contributed by atoms with Gasteiger partial charge in [0.15, 0.2) is 0 Å². The lowest BCUT2D eigenvalue weighted by Gasteiger charge is -2.49. The second-order valence-corrected chi connectivity index (χ2v) is 14.5. The molecule has 0 bridgehead atoms. The molecule has 5 fully saturated rings. The molecule has 2 aliphatic heterocycles. The van der Waals surface area contributed by atoms with Crippen molar-refractivity contribution in [1.82, 2.24) is 4.90 Å².